The van der Waals surface area contributed by atoms with Gasteiger partial charge in [-0.3, -0.25) is 0 Å². The molecule has 5 nitrogen and oxygen atoms in total. The van der Waals surface area contributed by atoms with Crippen LogP contribution in [0.5, 0.6) is 0 Å². The largest absolute Gasteiger partial charge is 0.381 e. The van der Waals surface area contributed by atoms with Crippen LogP contribution in [0.15, 0.2) is 55.4 Å². The fourth-order valence-corrected chi connectivity index (χ4v) is 1.94. The number of nitrogens with zero attached hydrogens (tertiary/aromatic N) is 4. The van der Waals surface area contributed by atoms with E-state index < -0.39 is 0 Å². The minimum atomic E-state index is 0.823. The summed E-state index contributed by atoms with van der Waals surface area (Å²) in [6.07, 6.45) is 7.37. The van der Waals surface area contributed by atoms with E-state index in [-0.39, 0.29) is 0 Å². The summed E-state index contributed by atoms with van der Waals surface area (Å²) in [6.45, 7) is 0.823. The maximum absolute atomic E-state index is 4.09. The normalized spacial score (nSPS) is 10.6. The Balaban J connectivity index is 1.66. The first-order chi connectivity index (χ1) is 9.31. The molecule has 0 bridgehead atoms. The maximum Gasteiger partial charge on any atom is 0.138 e. The molecule has 0 amide bonds. The number of aromatic nitrogens is 4. The van der Waals surface area contributed by atoms with Crippen LogP contribution in [0.1, 0.15) is 5.56 Å². The molecule has 0 aliphatic rings. The second kappa shape index (κ2) is 4.97. The first-order valence-electron chi connectivity index (χ1n) is 6.11. The van der Waals surface area contributed by atoms with Crippen molar-refractivity contribution >= 4 is 5.69 Å². The zero-order chi connectivity index (χ0) is 13.1. The van der Waals surface area contributed by atoms with Crippen molar-refractivity contribution in [1.29, 1.82) is 0 Å². The molecule has 0 aliphatic heterocycles. The third kappa shape index (κ3) is 2.65. The Labute approximate surface area is 111 Å². The van der Waals surface area contributed by atoms with Gasteiger partial charge in [-0.05, 0) is 35.9 Å². The minimum absolute atomic E-state index is 0.823. The lowest BCUT2D eigenvalue weighted by atomic mass is 10.2. The van der Waals surface area contributed by atoms with Crippen molar-refractivity contribution in [3.05, 3.63) is 60.9 Å². The van der Waals surface area contributed by atoms with Crippen molar-refractivity contribution in [2.75, 3.05) is 5.32 Å². The van der Waals surface area contributed by atoms with Crippen LogP contribution in [0.4, 0.5) is 5.69 Å². The van der Waals surface area contributed by atoms with Crippen LogP contribution in [0, 0.1) is 0 Å². The molecule has 0 radical (unpaired) electrons. The number of anilines is 1. The molecule has 0 unspecified atom stereocenters. The van der Waals surface area contributed by atoms with Crippen LogP contribution in [0.2, 0.25) is 0 Å². The second-order valence-electron chi connectivity index (χ2n) is 4.43. The van der Waals surface area contributed by atoms with E-state index in [9.17, 15) is 0 Å². The molecule has 2 aromatic heterocycles. The molecule has 19 heavy (non-hydrogen) atoms. The van der Waals surface area contributed by atoms with Crippen molar-refractivity contribution in [2.45, 2.75) is 6.54 Å². The zero-order valence-electron chi connectivity index (χ0n) is 10.7. The van der Waals surface area contributed by atoms with Gasteiger partial charge < -0.3 is 9.88 Å². The standard InChI is InChI=1S/C14H15N5/c1-18-7-6-12(9-18)8-16-13-2-4-14(5-3-13)19-11-15-10-17-19/h2-7,9-11,16H,8H2,1H3. The molecule has 96 valence electrons. The summed E-state index contributed by atoms with van der Waals surface area (Å²) in [6, 6.07) is 10.2. The van der Waals surface area contributed by atoms with Gasteiger partial charge in [0.2, 0.25) is 0 Å². The third-order valence-electron chi connectivity index (χ3n) is 2.94. The lowest BCUT2D eigenvalue weighted by Crippen LogP contribution is -1.99. The molecule has 2 heterocycles. The van der Waals surface area contributed by atoms with Crippen LogP contribution in [0.25, 0.3) is 5.69 Å². The summed E-state index contributed by atoms with van der Waals surface area (Å²) in [4.78, 5) is 3.93. The van der Waals surface area contributed by atoms with E-state index in [0.29, 0.717) is 0 Å². The first-order valence-corrected chi connectivity index (χ1v) is 6.11. The fraction of sp³-hybridized carbons (Fsp3) is 0.143. The molecule has 0 spiro atoms. The molecule has 0 atom stereocenters. The molecule has 0 aliphatic carbocycles. The van der Waals surface area contributed by atoms with Crippen molar-refractivity contribution in [2.24, 2.45) is 7.05 Å². The summed E-state index contributed by atoms with van der Waals surface area (Å²) in [5.74, 6) is 0. The lowest BCUT2D eigenvalue weighted by molar-refractivity contribution is 0.879. The Hall–Kier alpha value is -2.56. The predicted molar refractivity (Wildman–Crippen MR) is 74.1 cm³/mol. The predicted octanol–water partition coefficient (Wildman–Crippen LogP) is 2.22. The highest BCUT2D eigenvalue weighted by molar-refractivity contribution is 5.48. The zero-order valence-corrected chi connectivity index (χ0v) is 10.7. The number of nitrogens with one attached hydrogen (secondary N) is 1. The SMILES string of the molecule is Cn1ccc(CNc2ccc(-n3cncn3)cc2)c1. The van der Waals surface area contributed by atoms with Gasteiger partial charge in [0.1, 0.15) is 12.7 Å². The number of benzene rings is 1. The Bertz CT molecular complexity index is 637. The van der Waals surface area contributed by atoms with Crippen molar-refractivity contribution in [1.82, 2.24) is 19.3 Å². The molecular formula is C14H15N5. The van der Waals surface area contributed by atoms with Crippen LogP contribution >= 0.6 is 0 Å². The molecule has 3 aromatic rings. The average molecular weight is 253 g/mol. The summed E-state index contributed by atoms with van der Waals surface area (Å²) in [5, 5.41) is 7.48. The van der Waals surface area contributed by atoms with Crippen molar-refractivity contribution in [3.63, 3.8) is 0 Å². The van der Waals surface area contributed by atoms with Gasteiger partial charge in [0.15, 0.2) is 0 Å². The third-order valence-corrected chi connectivity index (χ3v) is 2.94. The monoisotopic (exact) mass is 253 g/mol. The van der Waals surface area contributed by atoms with Crippen molar-refractivity contribution < 1.29 is 0 Å². The molecule has 0 saturated carbocycles. The van der Waals surface area contributed by atoms with E-state index in [1.807, 2.05) is 42.1 Å². The second-order valence-corrected chi connectivity index (χ2v) is 4.43. The van der Waals surface area contributed by atoms with Crippen LogP contribution in [0.3, 0.4) is 0 Å². The van der Waals surface area contributed by atoms with Crippen LogP contribution < -0.4 is 5.32 Å². The molecule has 3 rings (SSSR count). The van der Waals surface area contributed by atoms with Gasteiger partial charge in [0, 0.05) is 31.7 Å². The highest BCUT2D eigenvalue weighted by atomic mass is 15.3. The number of hydrogen-bond acceptors (Lipinski definition) is 3. The smallest absolute Gasteiger partial charge is 0.138 e. The Morgan fingerprint density at radius 2 is 2.00 bits per heavy atom. The Morgan fingerprint density at radius 1 is 1.16 bits per heavy atom. The molecule has 0 fully saturated rings. The Morgan fingerprint density at radius 3 is 2.63 bits per heavy atom. The van der Waals surface area contributed by atoms with Crippen molar-refractivity contribution in [3.8, 4) is 5.69 Å². The average Bonchev–Trinajstić information content (AvgIpc) is 3.08. The number of aryl methyl sites for hydroxylation is 1. The molecule has 1 N–H and O–H groups in total. The van der Waals surface area contributed by atoms with Gasteiger partial charge in [-0.1, -0.05) is 0 Å². The van der Waals surface area contributed by atoms with Gasteiger partial charge in [0.25, 0.3) is 0 Å². The van der Waals surface area contributed by atoms with E-state index >= 15 is 0 Å². The van der Waals surface area contributed by atoms with E-state index in [4.69, 9.17) is 0 Å². The van der Waals surface area contributed by atoms with Gasteiger partial charge in [0.05, 0.1) is 5.69 Å². The van der Waals surface area contributed by atoms with Gasteiger partial charge >= 0.3 is 0 Å². The fourth-order valence-electron chi connectivity index (χ4n) is 1.94. The maximum atomic E-state index is 4.09. The molecule has 1 aromatic carbocycles. The van der Waals surface area contributed by atoms with Crippen LogP contribution in [-0.4, -0.2) is 19.3 Å². The van der Waals surface area contributed by atoms with E-state index in [1.54, 1.807) is 11.0 Å². The summed E-state index contributed by atoms with van der Waals surface area (Å²) in [7, 11) is 2.02. The van der Waals surface area contributed by atoms with E-state index in [1.165, 1.54) is 11.9 Å². The highest BCUT2D eigenvalue weighted by Crippen LogP contribution is 2.13. The van der Waals surface area contributed by atoms with E-state index in [0.717, 1.165) is 17.9 Å². The highest BCUT2D eigenvalue weighted by Gasteiger charge is 1.98. The molecule has 0 saturated heterocycles. The molecule has 5 heteroatoms. The summed E-state index contributed by atoms with van der Waals surface area (Å²) < 4.78 is 3.78. The van der Waals surface area contributed by atoms with E-state index in [2.05, 4.69) is 27.7 Å². The minimum Gasteiger partial charge on any atom is -0.381 e. The van der Waals surface area contributed by atoms with Crippen LogP contribution in [-0.2, 0) is 13.6 Å². The first kappa shape index (κ1) is 11.5. The summed E-state index contributed by atoms with van der Waals surface area (Å²) in [5.41, 5.74) is 3.36. The van der Waals surface area contributed by atoms with Gasteiger partial charge in [-0.2, -0.15) is 5.10 Å². The van der Waals surface area contributed by atoms with Gasteiger partial charge in [-0.15, -0.1) is 0 Å². The topological polar surface area (TPSA) is 47.7 Å². The number of rotatable bonds is 4. The molecular weight excluding hydrogens is 238 g/mol. The summed E-state index contributed by atoms with van der Waals surface area (Å²) >= 11 is 0. The lowest BCUT2D eigenvalue weighted by Gasteiger charge is -2.06. The quantitative estimate of drug-likeness (QED) is 0.775. The number of hydrogen-bond donors (Lipinski definition) is 1. The van der Waals surface area contributed by atoms with Gasteiger partial charge in [-0.25, -0.2) is 9.67 Å². The Kier molecular flexibility index (Phi) is 3.02.